The van der Waals surface area contributed by atoms with Gasteiger partial charge in [0.2, 0.25) is 0 Å². The van der Waals surface area contributed by atoms with Gasteiger partial charge in [0.25, 0.3) is 0 Å². The van der Waals surface area contributed by atoms with E-state index in [1.54, 1.807) is 6.92 Å². The molecule has 0 amide bonds. The molecule has 0 saturated carbocycles. The molecule has 0 fully saturated rings. The lowest BCUT2D eigenvalue weighted by molar-refractivity contribution is 0.0981. The Labute approximate surface area is 171 Å². The number of ether oxygens (including phenoxy) is 1. The number of rotatable bonds is 6. The number of fused-ring (bicyclic) bond motifs is 5. The van der Waals surface area contributed by atoms with Crippen LogP contribution in [0.15, 0.2) is 30.3 Å². The van der Waals surface area contributed by atoms with E-state index in [0.29, 0.717) is 29.9 Å². The lowest BCUT2D eigenvalue weighted by Gasteiger charge is -2.19. The van der Waals surface area contributed by atoms with Gasteiger partial charge < -0.3 is 14.2 Å². The molecule has 1 aliphatic rings. The zero-order valence-corrected chi connectivity index (χ0v) is 17.5. The fourth-order valence-corrected chi connectivity index (χ4v) is 4.31. The standard InChI is InChI=1S/C24H28N2O3/c1-4-25(5-2)12-13-26-20-10-8-17(16(3)27)15-19(20)23-21(26)11-9-18-22(28)7-6-14-29-24(18)23/h8-11,15H,4-7,12-14H2,1-3H3. The van der Waals surface area contributed by atoms with Gasteiger partial charge in [-0.2, -0.15) is 0 Å². The molecule has 4 rings (SSSR count). The summed E-state index contributed by atoms with van der Waals surface area (Å²) >= 11 is 0. The molecule has 5 nitrogen and oxygen atoms in total. The van der Waals surface area contributed by atoms with Crippen LogP contribution in [0.4, 0.5) is 0 Å². The Kier molecular flexibility index (Phi) is 5.41. The average molecular weight is 392 g/mol. The quantitative estimate of drug-likeness (QED) is 0.571. The fourth-order valence-electron chi connectivity index (χ4n) is 4.31. The summed E-state index contributed by atoms with van der Waals surface area (Å²) in [5.41, 5.74) is 3.47. The van der Waals surface area contributed by atoms with Crippen LogP contribution in [0, 0.1) is 0 Å². The second kappa shape index (κ2) is 7.99. The number of carbonyl (C=O) groups excluding carboxylic acids is 2. The normalized spacial score (nSPS) is 14.3. The van der Waals surface area contributed by atoms with Crippen molar-refractivity contribution in [3.05, 3.63) is 41.5 Å². The van der Waals surface area contributed by atoms with E-state index in [1.807, 2.05) is 30.3 Å². The van der Waals surface area contributed by atoms with Crippen molar-refractivity contribution in [1.29, 1.82) is 0 Å². The first-order valence-corrected chi connectivity index (χ1v) is 10.5. The minimum absolute atomic E-state index is 0.0370. The molecule has 2 heterocycles. The predicted molar refractivity (Wildman–Crippen MR) is 116 cm³/mol. The summed E-state index contributed by atoms with van der Waals surface area (Å²) in [7, 11) is 0. The maximum Gasteiger partial charge on any atom is 0.166 e. The molecule has 0 unspecified atom stereocenters. The molecular weight excluding hydrogens is 364 g/mol. The molecule has 0 aliphatic carbocycles. The molecule has 0 N–H and O–H groups in total. The fraction of sp³-hybridized carbons (Fsp3) is 0.417. The van der Waals surface area contributed by atoms with E-state index >= 15 is 0 Å². The Bertz CT molecular complexity index is 1090. The lowest BCUT2D eigenvalue weighted by Crippen LogP contribution is -2.26. The molecule has 0 atom stereocenters. The van der Waals surface area contributed by atoms with E-state index in [9.17, 15) is 9.59 Å². The summed E-state index contributed by atoms with van der Waals surface area (Å²) in [5, 5.41) is 1.94. The van der Waals surface area contributed by atoms with Crippen LogP contribution >= 0.6 is 0 Å². The van der Waals surface area contributed by atoms with E-state index in [0.717, 1.165) is 54.4 Å². The Morgan fingerprint density at radius 2 is 1.90 bits per heavy atom. The van der Waals surface area contributed by atoms with Crippen molar-refractivity contribution < 1.29 is 14.3 Å². The number of carbonyl (C=O) groups is 2. The molecule has 1 aromatic heterocycles. The Morgan fingerprint density at radius 3 is 2.62 bits per heavy atom. The predicted octanol–water partition coefficient (Wildman–Crippen LogP) is 4.69. The van der Waals surface area contributed by atoms with Crippen molar-refractivity contribution in [2.75, 3.05) is 26.2 Å². The second-order valence-corrected chi connectivity index (χ2v) is 7.68. The van der Waals surface area contributed by atoms with Gasteiger partial charge in [-0.15, -0.1) is 0 Å². The molecule has 1 aliphatic heterocycles. The van der Waals surface area contributed by atoms with Crippen molar-refractivity contribution in [2.24, 2.45) is 0 Å². The Balaban J connectivity index is 1.98. The van der Waals surface area contributed by atoms with Crippen LogP contribution in [0.5, 0.6) is 5.75 Å². The van der Waals surface area contributed by atoms with Crippen LogP contribution in [0.3, 0.4) is 0 Å². The van der Waals surface area contributed by atoms with Gasteiger partial charge in [0.15, 0.2) is 11.6 Å². The van der Waals surface area contributed by atoms with Crippen molar-refractivity contribution in [3.8, 4) is 5.75 Å². The second-order valence-electron chi connectivity index (χ2n) is 7.68. The third-order valence-electron chi connectivity index (χ3n) is 6.02. The van der Waals surface area contributed by atoms with E-state index in [1.165, 1.54) is 0 Å². The number of nitrogens with zero attached hydrogens (tertiary/aromatic N) is 2. The zero-order valence-electron chi connectivity index (χ0n) is 17.5. The van der Waals surface area contributed by atoms with Crippen molar-refractivity contribution in [3.63, 3.8) is 0 Å². The zero-order chi connectivity index (χ0) is 20.5. The van der Waals surface area contributed by atoms with Crippen LogP contribution in [0.2, 0.25) is 0 Å². The van der Waals surface area contributed by atoms with Crippen LogP contribution in [-0.2, 0) is 6.54 Å². The molecule has 0 radical (unpaired) electrons. The van der Waals surface area contributed by atoms with Gasteiger partial charge >= 0.3 is 0 Å². The molecule has 152 valence electrons. The van der Waals surface area contributed by atoms with Gasteiger partial charge in [-0.25, -0.2) is 0 Å². The average Bonchev–Trinajstić information content (AvgIpc) is 2.92. The van der Waals surface area contributed by atoms with E-state index in [-0.39, 0.29) is 11.6 Å². The monoisotopic (exact) mass is 392 g/mol. The molecule has 3 aromatic rings. The highest BCUT2D eigenvalue weighted by atomic mass is 16.5. The summed E-state index contributed by atoms with van der Waals surface area (Å²) in [4.78, 5) is 27.0. The highest BCUT2D eigenvalue weighted by molar-refractivity contribution is 6.16. The number of aromatic nitrogens is 1. The SMILES string of the molecule is CCN(CC)CCn1c2ccc(C(C)=O)cc2c2c3c(ccc21)C(=O)CCCO3. The Morgan fingerprint density at radius 1 is 1.14 bits per heavy atom. The van der Waals surface area contributed by atoms with Crippen molar-refractivity contribution in [1.82, 2.24) is 9.47 Å². The van der Waals surface area contributed by atoms with E-state index < -0.39 is 0 Å². The number of hydrogen-bond donors (Lipinski definition) is 0. The minimum atomic E-state index is 0.0370. The van der Waals surface area contributed by atoms with Crippen molar-refractivity contribution >= 4 is 33.4 Å². The van der Waals surface area contributed by atoms with Gasteiger partial charge in [-0.3, -0.25) is 9.59 Å². The van der Waals surface area contributed by atoms with Gasteiger partial charge in [0.05, 0.1) is 23.1 Å². The molecule has 0 saturated heterocycles. The van der Waals surface area contributed by atoms with E-state index in [2.05, 4.69) is 23.3 Å². The first kappa shape index (κ1) is 19.6. The minimum Gasteiger partial charge on any atom is -0.492 e. The highest BCUT2D eigenvalue weighted by Gasteiger charge is 2.23. The number of benzene rings is 2. The van der Waals surface area contributed by atoms with Crippen LogP contribution < -0.4 is 4.74 Å². The van der Waals surface area contributed by atoms with Gasteiger partial charge in [-0.05, 0) is 56.8 Å². The molecule has 5 heteroatoms. The third kappa shape index (κ3) is 3.44. The highest BCUT2D eigenvalue weighted by Crippen LogP contribution is 2.40. The maximum absolute atomic E-state index is 12.6. The number of hydrogen-bond acceptors (Lipinski definition) is 4. The number of ketones is 2. The number of Topliss-reactive ketones (excluding diaryl/α,β-unsaturated/α-hetero) is 2. The first-order chi connectivity index (χ1) is 14.0. The van der Waals surface area contributed by atoms with Crippen LogP contribution in [0.1, 0.15) is 54.3 Å². The van der Waals surface area contributed by atoms with E-state index in [4.69, 9.17) is 4.74 Å². The summed E-state index contributed by atoms with van der Waals surface area (Å²) in [5.74, 6) is 0.846. The third-order valence-corrected chi connectivity index (χ3v) is 6.02. The van der Waals surface area contributed by atoms with Gasteiger partial charge in [0.1, 0.15) is 5.75 Å². The first-order valence-electron chi connectivity index (χ1n) is 10.5. The number of likely N-dealkylation sites (N-methyl/N-ethyl adjacent to an activating group) is 1. The lowest BCUT2D eigenvalue weighted by atomic mass is 10.0. The smallest absolute Gasteiger partial charge is 0.166 e. The summed E-state index contributed by atoms with van der Waals surface area (Å²) in [6.07, 6.45) is 1.24. The Hall–Kier alpha value is -2.66. The topological polar surface area (TPSA) is 51.5 Å². The van der Waals surface area contributed by atoms with Crippen molar-refractivity contribution in [2.45, 2.75) is 40.2 Å². The van der Waals surface area contributed by atoms with Crippen LogP contribution in [0.25, 0.3) is 21.8 Å². The maximum atomic E-state index is 12.6. The van der Waals surface area contributed by atoms with Crippen LogP contribution in [-0.4, -0.2) is 47.3 Å². The summed E-state index contributed by atoms with van der Waals surface area (Å²) in [6, 6.07) is 9.81. The molecule has 0 bridgehead atoms. The molecule has 29 heavy (non-hydrogen) atoms. The largest absolute Gasteiger partial charge is 0.492 e. The van der Waals surface area contributed by atoms with Gasteiger partial charge in [0, 0.05) is 36.0 Å². The summed E-state index contributed by atoms with van der Waals surface area (Å²) in [6.45, 7) is 10.3. The summed E-state index contributed by atoms with van der Waals surface area (Å²) < 4.78 is 8.39. The molecule has 0 spiro atoms. The van der Waals surface area contributed by atoms with Gasteiger partial charge in [-0.1, -0.05) is 13.8 Å². The molecule has 2 aromatic carbocycles. The molecular formula is C24H28N2O3.